The van der Waals surface area contributed by atoms with Crippen LogP contribution in [-0.2, 0) is 25.6 Å². The van der Waals surface area contributed by atoms with Gasteiger partial charge >= 0.3 is 11.9 Å². The van der Waals surface area contributed by atoms with Gasteiger partial charge in [0.15, 0.2) is 5.65 Å². The van der Waals surface area contributed by atoms with Crippen molar-refractivity contribution in [3.05, 3.63) is 18.3 Å². The molecule has 0 spiro atoms. The molecule has 2 rings (SSSR count). The second kappa shape index (κ2) is 7.66. The molecule has 0 amide bonds. The molecule has 0 aliphatic heterocycles. The summed E-state index contributed by atoms with van der Waals surface area (Å²) in [5, 5.41) is 0. The second-order valence-corrected chi connectivity index (χ2v) is 5.32. The average molecular weight is 320 g/mol. The van der Waals surface area contributed by atoms with Gasteiger partial charge < -0.3 is 14.0 Å². The van der Waals surface area contributed by atoms with E-state index in [1.165, 1.54) is 13.8 Å². The van der Waals surface area contributed by atoms with Gasteiger partial charge in [-0.25, -0.2) is 15.0 Å². The summed E-state index contributed by atoms with van der Waals surface area (Å²) in [5.41, 5.74) is 1.49. The molecule has 0 radical (unpaired) electrons. The third-order valence-corrected chi connectivity index (χ3v) is 3.30. The van der Waals surface area contributed by atoms with E-state index < -0.39 is 0 Å². The fourth-order valence-corrected chi connectivity index (χ4v) is 2.11. The lowest BCUT2D eigenvalue weighted by Gasteiger charge is -2.16. The van der Waals surface area contributed by atoms with Gasteiger partial charge in [0.25, 0.3) is 0 Å². The number of imidazole rings is 1. The van der Waals surface area contributed by atoms with Gasteiger partial charge in [-0.3, -0.25) is 9.59 Å². The van der Waals surface area contributed by atoms with E-state index in [2.05, 4.69) is 15.0 Å². The van der Waals surface area contributed by atoms with Crippen molar-refractivity contribution in [3.63, 3.8) is 0 Å². The zero-order valence-corrected chi connectivity index (χ0v) is 13.5. The molecule has 0 bridgehead atoms. The summed E-state index contributed by atoms with van der Waals surface area (Å²) >= 11 is 0. The van der Waals surface area contributed by atoms with Gasteiger partial charge in [0, 0.05) is 26.3 Å². The summed E-state index contributed by atoms with van der Waals surface area (Å²) in [7, 11) is 0. The van der Waals surface area contributed by atoms with Crippen LogP contribution in [0.4, 0.5) is 0 Å². The Kier molecular flexibility index (Phi) is 5.61. The third kappa shape index (κ3) is 5.01. The van der Waals surface area contributed by atoms with Crippen molar-refractivity contribution in [2.75, 3.05) is 13.2 Å². The molecule has 0 fully saturated rings. The Morgan fingerprint density at radius 2 is 1.83 bits per heavy atom. The van der Waals surface area contributed by atoms with E-state index in [1.807, 2.05) is 11.5 Å². The summed E-state index contributed by atoms with van der Waals surface area (Å²) in [5.74, 6) is -0.109. The van der Waals surface area contributed by atoms with Gasteiger partial charge in [-0.2, -0.15) is 0 Å². The predicted octanol–water partition coefficient (Wildman–Crippen LogP) is 1.27. The van der Waals surface area contributed by atoms with Crippen LogP contribution in [0.1, 0.15) is 26.1 Å². The van der Waals surface area contributed by atoms with Crippen LogP contribution >= 0.6 is 0 Å². The highest BCUT2D eigenvalue weighted by Crippen LogP contribution is 2.13. The van der Waals surface area contributed by atoms with E-state index in [0.717, 1.165) is 11.2 Å². The SMILES string of the molecule is CC(=O)OCC(CCn1cnc2cnc(C)nc21)COC(C)=O. The lowest BCUT2D eigenvalue weighted by molar-refractivity contribution is -0.146. The molecule has 0 aliphatic carbocycles. The number of aromatic nitrogens is 4. The quantitative estimate of drug-likeness (QED) is 0.709. The number of esters is 2. The van der Waals surface area contributed by atoms with Crippen LogP contribution in [0.25, 0.3) is 11.2 Å². The Bertz CT molecular complexity index is 680. The molecule has 8 heteroatoms. The van der Waals surface area contributed by atoms with Crippen LogP contribution in [0, 0.1) is 12.8 Å². The topological polar surface area (TPSA) is 96.2 Å². The number of ether oxygens (including phenoxy) is 2. The van der Waals surface area contributed by atoms with Crippen LogP contribution in [-0.4, -0.2) is 44.7 Å². The van der Waals surface area contributed by atoms with Crippen molar-refractivity contribution < 1.29 is 19.1 Å². The van der Waals surface area contributed by atoms with Gasteiger partial charge in [0.1, 0.15) is 11.3 Å². The second-order valence-electron chi connectivity index (χ2n) is 5.32. The number of nitrogens with zero attached hydrogens (tertiary/aromatic N) is 4. The highest BCUT2D eigenvalue weighted by Gasteiger charge is 2.14. The molecule has 0 atom stereocenters. The summed E-state index contributed by atoms with van der Waals surface area (Å²) in [6.07, 6.45) is 4.05. The van der Waals surface area contributed by atoms with Crippen molar-refractivity contribution in [1.29, 1.82) is 0 Å². The Labute approximate surface area is 133 Å². The largest absolute Gasteiger partial charge is 0.465 e. The van der Waals surface area contributed by atoms with Crippen molar-refractivity contribution in [3.8, 4) is 0 Å². The number of carbonyl (C=O) groups is 2. The van der Waals surface area contributed by atoms with Crippen LogP contribution in [0.2, 0.25) is 0 Å². The maximum absolute atomic E-state index is 11.0. The molecule has 2 heterocycles. The summed E-state index contributed by atoms with van der Waals surface area (Å²) in [4.78, 5) is 34.7. The van der Waals surface area contributed by atoms with Crippen LogP contribution < -0.4 is 0 Å². The highest BCUT2D eigenvalue weighted by atomic mass is 16.5. The smallest absolute Gasteiger partial charge is 0.302 e. The molecule has 0 saturated heterocycles. The van der Waals surface area contributed by atoms with Gasteiger partial charge in [-0.1, -0.05) is 0 Å². The van der Waals surface area contributed by atoms with Crippen molar-refractivity contribution >= 4 is 23.1 Å². The minimum absolute atomic E-state index is 0.0804. The first-order valence-electron chi connectivity index (χ1n) is 7.37. The molecule has 0 aromatic carbocycles. The standard InChI is InChI=1S/C15H20N4O4/c1-10-16-6-14-15(18-10)19(9-17-14)5-4-13(7-22-11(2)20)8-23-12(3)21/h6,9,13H,4-5,7-8H2,1-3H3. The third-order valence-electron chi connectivity index (χ3n) is 3.30. The molecular formula is C15H20N4O4. The van der Waals surface area contributed by atoms with Crippen LogP contribution in [0.15, 0.2) is 12.5 Å². The fraction of sp³-hybridized carbons (Fsp3) is 0.533. The van der Waals surface area contributed by atoms with Gasteiger partial charge in [0.2, 0.25) is 0 Å². The van der Waals surface area contributed by atoms with Gasteiger partial charge in [-0.15, -0.1) is 0 Å². The fourth-order valence-electron chi connectivity index (χ4n) is 2.11. The lowest BCUT2D eigenvalue weighted by atomic mass is 10.1. The Hall–Kier alpha value is -2.51. The number of hydrogen-bond donors (Lipinski definition) is 0. The Balaban J connectivity index is 2.01. The normalized spacial score (nSPS) is 11.0. The van der Waals surface area contributed by atoms with E-state index in [-0.39, 0.29) is 31.1 Å². The summed E-state index contributed by atoms with van der Waals surface area (Å²) in [6, 6.07) is 0. The molecule has 23 heavy (non-hydrogen) atoms. The van der Waals surface area contributed by atoms with Crippen LogP contribution in [0.5, 0.6) is 0 Å². The van der Waals surface area contributed by atoms with E-state index in [9.17, 15) is 9.59 Å². The number of rotatable bonds is 7. The highest BCUT2D eigenvalue weighted by molar-refractivity contribution is 5.69. The molecule has 8 nitrogen and oxygen atoms in total. The van der Waals surface area contributed by atoms with E-state index in [1.54, 1.807) is 12.5 Å². The monoisotopic (exact) mass is 320 g/mol. The molecule has 124 valence electrons. The molecule has 0 saturated carbocycles. The van der Waals surface area contributed by atoms with Crippen molar-refractivity contribution in [1.82, 2.24) is 19.5 Å². The maximum Gasteiger partial charge on any atom is 0.302 e. The van der Waals surface area contributed by atoms with Gasteiger partial charge in [0.05, 0.1) is 25.7 Å². The first kappa shape index (κ1) is 16.9. The van der Waals surface area contributed by atoms with Crippen molar-refractivity contribution in [2.24, 2.45) is 5.92 Å². The molecule has 0 unspecified atom stereocenters. The predicted molar refractivity (Wildman–Crippen MR) is 81.4 cm³/mol. The first-order valence-corrected chi connectivity index (χ1v) is 7.37. The molecule has 0 aliphatic rings. The summed E-state index contributed by atoms with van der Waals surface area (Å²) < 4.78 is 12.0. The van der Waals surface area contributed by atoms with Crippen LogP contribution in [0.3, 0.4) is 0 Å². The molecule has 0 N–H and O–H groups in total. The number of hydrogen-bond acceptors (Lipinski definition) is 7. The number of fused-ring (bicyclic) bond motifs is 1. The molecule has 2 aromatic heterocycles. The average Bonchev–Trinajstić information content (AvgIpc) is 2.88. The van der Waals surface area contributed by atoms with E-state index in [4.69, 9.17) is 9.47 Å². The van der Waals surface area contributed by atoms with Gasteiger partial charge in [-0.05, 0) is 13.3 Å². The summed E-state index contributed by atoms with van der Waals surface area (Å²) in [6.45, 7) is 5.57. The number of carbonyl (C=O) groups excluding carboxylic acids is 2. The minimum atomic E-state index is -0.353. The van der Waals surface area contributed by atoms with E-state index >= 15 is 0 Å². The zero-order chi connectivity index (χ0) is 16.8. The lowest BCUT2D eigenvalue weighted by Crippen LogP contribution is -2.21. The zero-order valence-electron chi connectivity index (χ0n) is 13.5. The first-order chi connectivity index (χ1) is 11.0. The van der Waals surface area contributed by atoms with Crippen molar-refractivity contribution in [2.45, 2.75) is 33.7 Å². The molecular weight excluding hydrogens is 300 g/mol. The Morgan fingerprint density at radius 3 is 2.43 bits per heavy atom. The maximum atomic E-state index is 11.0. The minimum Gasteiger partial charge on any atom is -0.465 e. The number of aryl methyl sites for hydroxylation is 2. The Morgan fingerprint density at radius 1 is 1.17 bits per heavy atom. The van der Waals surface area contributed by atoms with E-state index in [0.29, 0.717) is 18.8 Å². The molecule has 2 aromatic rings.